The zero-order valence-corrected chi connectivity index (χ0v) is 18.9. The molecule has 0 atom stereocenters. The van der Waals surface area contributed by atoms with Crippen LogP contribution in [0.5, 0.6) is 11.5 Å². The van der Waals surface area contributed by atoms with Crippen molar-refractivity contribution >= 4 is 33.1 Å². The lowest BCUT2D eigenvalue weighted by molar-refractivity contribution is 0.356. The van der Waals surface area contributed by atoms with Crippen LogP contribution in [0.1, 0.15) is 5.69 Å². The van der Waals surface area contributed by atoms with Gasteiger partial charge in [-0.2, -0.15) is 0 Å². The molecule has 154 valence electrons. The van der Waals surface area contributed by atoms with Gasteiger partial charge < -0.3 is 9.47 Å². The molecule has 0 unspecified atom stereocenters. The second kappa shape index (κ2) is 9.12. The van der Waals surface area contributed by atoms with Gasteiger partial charge in [-0.05, 0) is 24.3 Å². The van der Waals surface area contributed by atoms with Crippen LogP contribution in [0.25, 0.3) is 10.6 Å². The smallest absolute Gasteiger partial charge is 0.244 e. The number of ether oxygens (including phenoxy) is 2. The predicted molar refractivity (Wildman–Crippen MR) is 115 cm³/mol. The minimum absolute atomic E-state index is 0.174. The van der Waals surface area contributed by atoms with Crippen molar-refractivity contribution in [3.63, 3.8) is 0 Å². The number of thiazole rings is 1. The summed E-state index contributed by atoms with van der Waals surface area (Å²) in [6.07, 6.45) is 1.38. The first-order valence-electron chi connectivity index (χ1n) is 8.54. The monoisotopic (exact) mass is 451 g/mol. The molecule has 0 spiro atoms. The number of sulfonamides is 1. The Morgan fingerprint density at radius 1 is 1.14 bits per heavy atom. The van der Waals surface area contributed by atoms with E-state index in [4.69, 9.17) is 14.5 Å². The van der Waals surface area contributed by atoms with Gasteiger partial charge >= 0.3 is 0 Å². The Kier molecular flexibility index (Phi) is 6.78. The van der Waals surface area contributed by atoms with Crippen LogP contribution < -0.4 is 9.47 Å². The first-order chi connectivity index (χ1) is 13.9. The first-order valence-corrected chi connectivity index (χ1v) is 11.8. The summed E-state index contributed by atoms with van der Waals surface area (Å²) in [5.41, 5.74) is 1.79. The summed E-state index contributed by atoms with van der Waals surface area (Å²) in [6, 6.07) is 8.97. The fourth-order valence-electron chi connectivity index (χ4n) is 2.52. The summed E-state index contributed by atoms with van der Waals surface area (Å²) in [5.74, 6) is 1.94. The summed E-state index contributed by atoms with van der Waals surface area (Å²) in [6.45, 7) is 0. The summed E-state index contributed by atoms with van der Waals surface area (Å²) in [7, 11) is 2.73. The van der Waals surface area contributed by atoms with Crippen LogP contribution in [0.2, 0.25) is 0 Å². The van der Waals surface area contributed by atoms with Gasteiger partial charge in [0.1, 0.15) is 9.90 Å². The van der Waals surface area contributed by atoms with E-state index in [1.165, 1.54) is 47.7 Å². The lowest BCUT2D eigenvalue weighted by Crippen LogP contribution is -2.22. The Balaban J connectivity index is 1.72. The third-order valence-corrected chi connectivity index (χ3v) is 7.74. The van der Waals surface area contributed by atoms with Gasteiger partial charge in [0.15, 0.2) is 11.5 Å². The van der Waals surface area contributed by atoms with Gasteiger partial charge in [-0.1, -0.05) is 6.07 Å². The number of hydrogen-bond donors (Lipinski definition) is 0. The van der Waals surface area contributed by atoms with Crippen LogP contribution in [-0.4, -0.2) is 51.0 Å². The van der Waals surface area contributed by atoms with E-state index in [9.17, 15) is 8.42 Å². The molecule has 0 fully saturated rings. The van der Waals surface area contributed by atoms with E-state index in [1.54, 1.807) is 26.4 Å². The second-order valence-electron chi connectivity index (χ2n) is 6.09. The van der Waals surface area contributed by atoms with Crippen molar-refractivity contribution < 1.29 is 17.9 Å². The highest BCUT2D eigenvalue weighted by atomic mass is 32.2. The van der Waals surface area contributed by atoms with E-state index in [-0.39, 0.29) is 4.90 Å². The third-order valence-electron chi connectivity index (χ3n) is 4.04. The number of rotatable bonds is 8. The molecule has 0 bridgehead atoms. The van der Waals surface area contributed by atoms with Crippen LogP contribution in [0.4, 0.5) is 0 Å². The first kappa shape index (κ1) is 21.6. The molecule has 0 aliphatic carbocycles. The molecule has 2 heterocycles. The molecule has 29 heavy (non-hydrogen) atoms. The summed E-state index contributed by atoms with van der Waals surface area (Å²) < 4.78 is 36.2. The third kappa shape index (κ3) is 4.72. The fraction of sp³-hybridized carbons (Fsp3) is 0.263. The minimum atomic E-state index is -3.47. The van der Waals surface area contributed by atoms with Gasteiger partial charge in [0.2, 0.25) is 10.0 Å². The van der Waals surface area contributed by atoms with Crippen LogP contribution in [-0.2, 0) is 15.8 Å². The quantitative estimate of drug-likeness (QED) is 0.482. The van der Waals surface area contributed by atoms with Crippen molar-refractivity contribution in [3.8, 4) is 22.1 Å². The van der Waals surface area contributed by atoms with Crippen LogP contribution in [0.15, 0.2) is 51.8 Å². The molecule has 10 heteroatoms. The van der Waals surface area contributed by atoms with E-state index in [0.717, 1.165) is 21.3 Å². The zero-order chi connectivity index (χ0) is 21.0. The minimum Gasteiger partial charge on any atom is -0.493 e. The number of aromatic nitrogens is 2. The van der Waals surface area contributed by atoms with E-state index in [2.05, 4.69) is 4.98 Å². The fourth-order valence-corrected chi connectivity index (χ4v) is 5.05. The number of nitrogens with zero attached hydrogens (tertiary/aromatic N) is 3. The summed E-state index contributed by atoms with van der Waals surface area (Å²) in [5, 5.41) is 3.57. The molecule has 3 rings (SSSR count). The van der Waals surface area contributed by atoms with Crippen LogP contribution in [0, 0.1) is 0 Å². The normalized spacial score (nSPS) is 11.6. The number of methoxy groups -OCH3 is 2. The average Bonchev–Trinajstić information content (AvgIpc) is 3.20. The summed E-state index contributed by atoms with van der Waals surface area (Å²) in [4.78, 5) is 9.12. The zero-order valence-electron chi connectivity index (χ0n) is 16.4. The Hall–Kier alpha value is -2.14. The average molecular weight is 452 g/mol. The molecular formula is C19H21N3O4S3. The molecule has 1 aromatic carbocycles. The highest BCUT2D eigenvalue weighted by Crippen LogP contribution is 2.39. The van der Waals surface area contributed by atoms with Crippen LogP contribution >= 0.6 is 23.1 Å². The Morgan fingerprint density at radius 2 is 1.93 bits per heavy atom. The van der Waals surface area contributed by atoms with Gasteiger partial charge in [-0.3, -0.25) is 0 Å². The Labute approximate surface area is 178 Å². The van der Waals surface area contributed by atoms with E-state index < -0.39 is 10.0 Å². The maximum Gasteiger partial charge on any atom is 0.244 e. The van der Waals surface area contributed by atoms with E-state index in [1.807, 2.05) is 23.6 Å². The van der Waals surface area contributed by atoms with Crippen molar-refractivity contribution in [2.24, 2.45) is 0 Å². The largest absolute Gasteiger partial charge is 0.493 e. The SMILES string of the molecule is COc1cccc(-c2nc(CSc3ccc(S(=O)(=O)N(C)C)cn3)cs2)c1OC. The number of benzene rings is 1. The molecule has 0 N–H and O–H groups in total. The van der Waals surface area contributed by atoms with Gasteiger partial charge in [-0.25, -0.2) is 22.7 Å². The number of para-hydroxylation sites is 1. The van der Waals surface area contributed by atoms with E-state index in [0.29, 0.717) is 17.3 Å². The highest BCUT2D eigenvalue weighted by molar-refractivity contribution is 7.98. The van der Waals surface area contributed by atoms with Gasteiger partial charge in [0.25, 0.3) is 0 Å². The van der Waals surface area contributed by atoms with Crippen molar-refractivity contribution in [2.75, 3.05) is 28.3 Å². The molecule has 0 aliphatic heterocycles. The maximum absolute atomic E-state index is 12.1. The lowest BCUT2D eigenvalue weighted by atomic mass is 10.2. The summed E-state index contributed by atoms with van der Waals surface area (Å²) >= 11 is 3.03. The second-order valence-corrected chi connectivity index (χ2v) is 10.1. The highest BCUT2D eigenvalue weighted by Gasteiger charge is 2.18. The van der Waals surface area contributed by atoms with Crippen molar-refractivity contribution in [1.29, 1.82) is 0 Å². The molecule has 2 aromatic heterocycles. The van der Waals surface area contributed by atoms with Crippen LogP contribution in [0.3, 0.4) is 0 Å². The Bertz CT molecular complexity index is 1080. The number of thioether (sulfide) groups is 1. The standard InChI is InChI=1S/C19H21N3O4S3/c1-22(2)29(23,24)14-8-9-17(20-10-14)27-11-13-12-28-19(21-13)15-6-5-7-16(25-3)18(15)26-4/h5-10,12H,11H2,1-4H3. The van der Waals surface area contributed by atoms with Gasteiger partial charge in [0, 0.05) is 31.4 Å². The van der Waals surface area contributed by atoms with E-state index >= 15 is 0 Å². The van der Waals surface area contributed by atoms with Crippen molar-refractivity contribution in [3.05, 3.63) is 47.6 Å². The van der Waals surface area contributed by atoms with Crippen molar-refractivity contribution in [1.82, 2.24) is 14.3 Å². The predicted octanol–water partition coefficient (Wildman–Crippen LogP) is 3.76. The molecule has 7 nitrogen and oxygen atoms in total. The van der Waals surface area contributed by atoms with Gasteiger partial charge in [-0.15, -0.1) is 23.1 Å². The van der Waals surface area contributed by atoms with Gasteiger partial charge in [0.05, 0.1) is 30.5 Å². The molecule has 0 amide bonds. The molecular weight excluding hydrogens is 430 g/mol. The van der Waals surface area contributed by atoms with Crippen molar-refractivity contribution in [2.45, 2.75) is 15.7 Å². The molecule has 0 saturated heterocycles. The lowest BCUT2D eigenvalue weighted by Gasteiger charge is -2.11. The molecule has 0 saturated carbocycles. The molecule has 0 radical (unpaired) electrons. The number of hydrogen-bond acceptors (Lipinski definition) is 8. The number of pyridine rings is 1. The topological polar surface area (TPSA) is 81.6 Å². The molecule has 3 aromatic rings. The Morgan fingerprint density at radius 3 is 2.55 bits per heavy atom. The molecule has 0 aliphatic rings. The maximum atomic E-state index is 12.1.